The summed E-state index contributed by atoms with van der Waals surface area (Å²) in [5.74, 6) is -1.73. The minimum atomic E-state index is -3.44. The number of amides is 1. The number of carbonyl (C=O) groups is 1. The molecule has 1 aliphatic rings. The van der Waals surface area contributed by atoms with Crippen molar-refractivity contribution in [3.8, 4) is 0 Å². The third-order valence-corrected chi connectivity index (χ3v) is 4.32. The summed E-state index contributed by atoms with van der Waals surface area (Å²) in [6.07, 6.45) is 0.971. The number of carbonyl (C=O) groups excluding carboxylic acids is 1. The first-order chi connectivity index (χ1) is 10.7. The second-order valence-corrected chi connectivity index (χ2v) is 7.62. The minimum Gasteiger partial charge on any atom is -0.349 e. The van der Waals surface area contributed by atoms with Crippen molar-refractivity contribution in [1.82, 2.24) is 10.0 Å². The molecule has 1 saturated heterocycles. The van der Waals surface area contributed by atoms with Gasteiger partial charge in [0.15, 0.2) is 0 Å². The number of benzene rings is 1. The topological polar surface area (TPSA) is 93.7 Å². The van der Waals surface area contributed by atoms with Crippen molar-refractivity contribution in [2.75, 3.05) is 32.6 Å². The van der Waals surface area contributed by atoms with Crippen molar-refractivity contribution in [3.63, 3.8) is 0 Å². The van der Waals surface area contributed by atoms with Crippen LogP contribution in [0, 0.1) is 0 Å². The summed E-state index contributed by atoms with van der Waals surface area (Å²) >= 11 is 12.1. The minimum absolute atomic E-state index is 0.0153. The Morgan fingerprint density at radius 2 is 1.96 bits per heavy atom. The molecule has 0 bridgehead atoms. The number of rotatable bonds is 6. The number of hydrogen-bond donors (Lipinski definition) is 2. The van der Waals surface area contributed by atoms with E-state index in [1.807, 2.05) is 0 Å². The first-order valence-electron chi connectivity index (χ1n) is 6.67. The van der Waals surface area contributed by atoms with Crippen LogP contribution in [-0.2, 0) is 30.1 Å². The molecule has 23 heavy (non-hydrogen) atoms. The molecule has 7 nitrogen and oxygen atoms in total. The Balaban J connectivity index is 2.08. The summed E-state index contributed by atoms with van der Waals surface area (Å²) in [6.45, 7) is 0.300. The lowest BCUT2D eigenvalue weighted by atomic mass is 10.1. The molecule has 2 rings (SSSR count). The van der Waals surface area contributed by atoms with Gasteiger partial charge in [-0.05, 0) is 12.1 Å². The number of nitrogens with one attached hydrogen (secondary N) is 2. The van der Waals surface area contributed by atoms with Gasteiger partial charge in [0.2, 0.25) is 21.7 Å². The second-order valence-electron chi connectivity index (χ2n) is 4.94. The second kappa shape index (κ2) is 7.33. The number of ether oxygens (including phenoxy) is 2. The van der Waals surface area contributed by atoms with Crippen LogP contribution in [0.1, 0.15) is 5.56 Å². The molecule has 128 valence electrons. The van der Waals surface area contributed by atoms with Gasteiger partial charge in [-0.1, -0.05) is 29.3 Å². The predicted molar refractivity (Wildman–Crippen MR) is 85.9 cm³/mol. The Hall–Kier alpha value is -0.900. The highest BCUT2D eigenvalue weighted by atomic mass is 35.5. The van der Waals surface area contributed by atoms with E-state index in [9.17, 15) is 13.2 Å². The van der Waals surface area contributed by atoms with E-state index in [4.69, 9.17) is 32.7 Å². The molecule has 1 aliphatic heterocycles. The molecule has 10 heteroatoms. The average Bonchev–Trinajstić information content (AvgIpc) is 2.92. The van der Waals surface area contributed by atoms with Crippen LogP contribution >= 0.6 is 23.2 Å². The van der Waals surface area contributed by atoms with E-state index in [0.717, 1.165) is 6.26 Å². The van der Waals surface area contributed by atoms with Crippen molar-refractivity contribution in [3.05, 3.63) is 33.8 Å². The maximum Gasteiger partial charge on any atom is 0.235 e. The van der Waals surface area contributed by atoms with Crippen LogP contribution in [0.5, 0.6) is 0 Å². The van der Waals surface area contributed by atoms with Gasteiger partial charge in [0.1, 0.15) is 0 Å². The first kappa shape index (κ1) is 18.4. The zero-order chi connectivity index (χ0) is 17.1. The molecule has 1 fully saturated rings. The largest absolute Gasteiger partial charge is 0.349 e. The van der Waals surface area contributed by atoms with Crippen LogP contribution in [0.3, 0.4) is 0 Å². The Bertz CT molecular complexity index is 690. The smallest absolute Gasteiger partial charge is 0.235 e. The SMILES string of the molecule is CS(=O)(=O)NCC(=O)NCC1(c2ccc(Cl)cc2Cl)OCCO1. The van der Waals surface area contributed by atoms with E-state index < -0.39 is 21.7 Å². The summed E-state index contributed by atoms with van der Waals surface area (Å²) in [5.41, 5.74) is 0.539. The van der Waals surface area contributed by atoms with Crippen molar-refractivity contribution < 1.29 is 22.7 Å². The Labute approximate surface area is 144 Å². The normalized spacial score (nSPS) is 17.2. The zero-order valence-electron chi connectivity index (χ0n) is 12.3. The van der Waals surface area contributed by atoms with Crippen molar-refractivity contribution in [2.45, 2.75) is 5.79 Å². The van der Waals surface area contributed by atoms with Gasteiger partial charge in [0.05, 0.1) is 37.6 Å². The van der Waals surface area contributed by atoms with E-state index in [1.54, 1.807) is 18.2 Å². The molecule has 0 atom stereocenters. The summed E-state index contributed by atoms with van der Waals surface area (Å²) in [4.78, 5) is 11.8. The highest BCUT2D eigenvalue weighted by molar-refractivity contribution is 7.88. The third kappa shape index (κ3) is 5.03. The van der Waals surface area contributed by atoms with Gasteiger partial charge in [0.25, 0.3) is 0 Å². The Morgan fingerprint density at radius 1 is 1.30 bits per heavy atom. The lowest BCUT2D eigenvalue weighted by molar-refractivity contribution is -0.164. The molecular weight excluding hydrogens is 367 g/mol. The number of sulfonamides is 1. The molecule has 0 aromatic heterocycles. The summed E-state index contributed by atoms with van der Waals surface area (Å²) in [7, 11) is -3.44. The molecular formula is C13H16Cl2N2O5S. The fraction of sp³-hybridized carbons (Fsp3) is 0.462. The quantitative estimate of drug-likeness (QED) is 0.760. The van der Waals surface area contributed by atoms with E-state index in [1.165, 1.54) is 0 Å². The lowest BCUT2D eigenvalue weighted by Gasteiger charge is -2.29. The molecule has 1 amide bonds. The fourth-order valence-corrected chi connectivity index (χ4v) is 3.03. The standard InChI is InChI=1S/C13H16Cl2N2O5S/c1-23(19,20)17-7-12(18)16-8-13(21-4-5-22-13)10-3-2-9(14)6-11(10)15/h2-3,6,17H,4-5,7-8H2,1H3,(H,16,18). The highest BCUT2D eigenvalue weighted by Crippen LogP contribution is 2.36. The monoisotopic (exact) mass is 382 g/mol. The summed E-state index contributed by atoms with van der Waals surface area (Å²) < 4.78 is 35.4. The van der Waals surface area contributed by atoms with E-state index >= 15 is 0 Å². The third-order valence-electron chi connectivity index (χ3n) is 3.11. The van der Waals surface area contributed by atoms with Gasteiger partial charge in [-0.15, -0.1) is 0 Å². The van der Waals surface area contributed by atoms with E-state index in [2.05, 4.69) is 10.0 Å². The van der Waals surface area contributed by atoms with Crippen LogP contribution in [0.25, 0.3) is 0 Å². The van der Waals surface area contributed by atoms with E-state index in [-0.39, 0.29) is 13.1 Å². The molecule has 0 aliphatic carbocycles. The van der Waals surface area contributed by atoms with Crippen LogP contribution in [0.15, 0.2) is 18.2 Å². The predicted octanol–water partition coefficient (Wildman–Crippen LogP) is 0.858. The highest BCUT2D eigenvalue weighted by Gasteiger charge is 2.40. The molecule has 0 unspecified atom stereocenters. The van der Waals surface area contributed by atoms with Gasteiger partial charge < -0.3 is 14.8 Å². The Morgan fingerprint density at radius 3 is 2.52 bits per heavy atom. The molecule has 1 aromatic carbocycles. The molecule has 1 heterocycles. The van der Waals surface area contributed by atoms with Gasteiger partial charge in [-0.2, -0.15) is 0 Å². The van der Waals surface area contributed by atoms with E-state index in [0.29, 0.717) is 28.8 Å². The zero-order valence-corrected chi connectivity index (χ0v) is 14.6. The number of halogens is 2. The molecule has 0 saturated carbocycles. The number of hydrogen-bond acceptors (Lipinski definition) is 5. The Kier molecular flexibility index (Phi) is 5.88. The summed E-state index contributed by atoms with van der Waals surface area (Å²) in [5, 5.41) is 3.39. The average molecular weight is 383 g/mol. The van der Waals surface area contributed by atoms with Crippen molar-refractivity contribution >= 4 is 39.1 Å². The fourth-order valence-electron chi connectivity index (χ4n) is 2.08. The van der Waals surface area contributed by atoms with Crippen LogP contribution in [0.4, 0.5) is 0 Å². The van der Waals surface area contributed by atoms with Crippen LogP contribution in [-0.4, -0.2) is 46.9 Å². The van der Waals surface area contributed by atoms with Gasteiger partial charge in [0, 0.05) is 10.6 Å². The first-order valence-corrected chi connectivity index (χ1v) is 9.31. The maximum absolute atomic E-state index is 11.8. The van der Waals surface area contributed by atoms with Crippen LogP contribution in [0.2, 0.25) is 10.0 Å². The molecule has 0 spiro atoms. The van der Waals surface area contributed by atoms with Gasteiger partial charge in [-0.25, -0.2) is 13.1 Å². The lowest BCUT2D eigenvalue weighted by Crippen LogP contribution is -2.45. The molecule has 0 radical (unpaired) electrons. The summed E-state index contributed by atoms with van der Waals surface area (Å²) in [6, 6.07) is 4.86. The van der Waals surface area contributed by atoms with Gasteiger partial charge in [-0.3, -0.25) is 4.79 Å². The molecule has 1 aromatic rings. The maximum atomic E-state index is 11.8. The van der Waals surface area contributed by atoms with Crippen molar-refractivity contribution in [2.24, 2.45) is 0 Å². The van der Waals surface area contributed by atoms with Crippen LogP contribution < -0.4 is 10.0 Å². The van der Waals surface area contributed by atoms with Crippen molar-refractivity contribution in [1.29, 1.82) is 0 Å². The van der Waals surface area contributed by atoms with Gasteiger partial charge >= 0.3 is 0 Å². The molecule has 2 N–H and O–H groups in total.